The largest absolute Gasteiger partial charge is 0.484 e. The minimum atomic E-state index is -0.182. The van der Waals surface area contributed by atoms with Crippen LogP contribution in [0, 0.1) is 0 Å². The molecule has 0 aliphatic carbocycles. The Bertz CT molecular complexity index is 849. The summed E-state index contributed by atoms with van der Waals surface area (Å²) < 4.78 is 10.6. The number of pyridine rings is 1. The summed E-state index contributed by atoms with van der Waals surface area (Å²) in [5.74, 6) is 1.02. The quantitative estimate of drug-likeness (QED) is 0.758. The Balaban J connectivity index is 1.52. The maximum absolute atomic E-state index is 11.9. The van der Waals surface area contributed by atoms with E-state index in [2.05, 4.69) is 10.3 Å². The number of benzene rings is 2. The number of carbonyl (C=O) groups excluding carboxylic acids is 1. The molecule has 1 N–H and O–H groups in total. The SMILES string of the molecule is COc1cc(CNC(=O)COc2ccc3ccccc3c2)ccn1. The number of hydrogen-bond donors (Lipinski definition) is 1. The summed E-state index contributed by atoms with van der Waals surface area (Å²) in [6.07, 6.45) is 1.64. The van der Waals surface area contributed by atoms with Gasteiger partial charge in [-0.15, -0.1) is 0 Å². The van der Waals surface area contributed by atoms with E-state index >= 15 is 0 Å². The van der Waals surface area contributed by atoms with Crippen molar-refractivity contribution in [2.24, 2.45) is 0 Å². The number of hydrogen-bond acceptors (Lipinski definition) is 4. The van der Waals surface area contributed by atoms with Crippen LogP contribution in [0.15, 0.2) is 60.8 Å². The molecule has 0 aliphatic heterocycles. The van der Waals surface area contributed by atoms with Gasteiger partial charge in [0.05, 0.1) is 7.11 Å². The first-order chi connectivity index (χ1) is 11.7. The summed E-state index contributed by atoms with van der Waals surface area (Å²) in [6.45, 7) is 0.374. The van der Waals surface area contributed by atoms with Crippen LogP contribution in [0.3, 0.4) is 0 Å². The van der Waals surface area contributed by atoms with E-state index in [0.717, 1.165) is 16.3 Å². The lowest BCUT2D eigenvalue weighted by Gasteiger charge is -2.09. The number of methoxy groups -OCH3 is 1. The molecule has 2 aromatic carbocycles. The molecule has 1 aromatic heterocycles. The number of nitrogens with zero attached hydrogens (tertiary/aromatic N) is 1. The van der Waals surface area contributed by atoms with Gasteiger partial charge in [-0.2, -0.15) is 0 Å². The summed E-state index contributed by atoms with van der Waals surface area (Å²) >= 11 is 0. The molecule has 0 bridgehead atoms. The zero-order valence-corrected chi connectivity index (χ0v) is 13.4. The second-order valence-electron chi connectivity index (χ2n) is 5.28. The third kappa shape index (κ3) is 4.01. The van der Waals surface area contributed by atoms with Gasteiger partial charge in [0, 0.05) is 18.8 Å². The Morgan fingerprint density at radius 1 is 1.08 bits per heavy atom. The lowest BCUT2D eigenvalue weighted by molar-refractivity contribution is -0.123. The van der Waals surface area contributed by atoms with Gasteiger partial charge in [-0.3, -0.25) is 4.79 Å². The van der Waals surface area contributed by atoms with E-state index < -0.39 is 0 Å². The smallest absolute Gasteiger partial charge is 0.258 e. The Morgan fingerprint density at radius 3 is 2.75 bits per heavy atom. The van der Waals surface area contributed by atoms with Crippen LogP contribution in [0.4, 0.5) is 0 Å². The topological polar surface area (TPSA) is 60.5 Å². The summed E-state index contributed by atoms with van der Waals surface area (Å²) in [7, 11) is 1.56. The molecule has 5 heteroatoms. The zero-order valence-electron chi connectivity index (χ0n) is 13.4. The van der Waals surface area contributed by atoms with Crippen LogP contribution in [0.1, 0.15) is 5.56 Å². The Hall–Kier alpha value is -3.08. The average molecular weight is 322 g/mol. The van der Waals surface area contributed by atoms with Gasteiger partial charge in [0.25, 0.3) is 5.91 Å². The molecule has 3 rings (SSSR count). The lowest BCUT2D eigenvalue weighted by Crippen LogP contribution is -2.28. The van der Waals surface area contributed by atoms with Gasteiger partial charge in [-0.25, -0.2) is 4.98 Å². The first kappa shape index (κ1) is 15.8. The van der Waals surface area contributed by atoms with E-state index in [4.69, 9.17) is 9.47 Å². The first-order valence-electron chi connectivity index (χ1n) is 7.62. The standard InChI is InChI=1S/C19H18N2O3/c1-23-19-10-14(8-9-20-19)12-21-18(22)13-24-17-7-6-15-4-2-3-5-16(15)11-17/h2-11H,12-13H2,1H3,(H,21,22). The highest BCUT2D eigenvalue weighted by Crippen LogP contribution is 2.20. The van der Waals surface area contributed by atoms with Crippen molar-refractivity contribution in [2.75, 3.05) is 13.7 Å². The summed E-state index contributed by atoms with van der Waals surface area (Å²) in [4.78, 5) is 16.0. The summed E-state index contributed by atoms with van der Waals surface area (Å²) in [6, 6.07) is 17.4. The highest BCUT2D eigenvalue weighted by atomic mass is 16.5. The molecule has 5 nitrogen and oxygen atoms in total. The van der Waals surface area contributed by atoms with Crippen molar-refractivity contribution in [3.63, 3.8) is 0 Å². The van der Waals surface area contributed by atoms with E-state index in [0.29, 0.717) is 18.2 Å². The lowest BCUT2D eigenvalue weighted by atomic mass is 10.1. The molecule has 3 aromatic rings. The van der Waals surface area contributed by atoms with E-state index in [1.165, 1.54) is 0 Å². The van der Waals surface area contributed by atoms with Crippen LogP contribution in [0.2, 0.25) is 0 Å². The van der Waals surface area contributed by atoms with Crippen LogP contribution < -0.4 is 14.8 Å². The molecular weight excluding hydrogens is 304 g/mol. The van der Waals surface area contributed by atoms with Gasteiger partial charge in [-0.05, 0) is 34.5 Å². The average Bonchev–Trinajstić information content (AvgIpc) is 2.64. The maximum Gasteiger partial charge on any atom is 0.258 e. The maximum atomic E-state index is 11.9. The van der Waals surface area contributed by atoms with Gasteiger partial charge in [-0.1, -0.05) is 30.3 Å². The second-order valence-corrected chi connectivity index (χ2v) is 5.28. The number of carbonyl (C=O) groups is 1. The monoisotopic (exact) mass is 322 g/mol. The van der Waals surface area contributed by atoms with Crippen LogP contribution in [-0.4, -0.2) is 24.6 Å². The molecular formula is C19H18N2O3. The van der Waals surface area contributed by atoms with Gasteiger partial charge in [0.2, 0.25) is 5.88 Å². The minimum absolute atomic E-state index is 0.0272. The fourth-order valence-corrected chi connectivity index (χ4v) is 2.33. The van der Waals surface area contributed by atoms with Crippen molar-refractivity contribution in [3.8, 4) is 11.6 Å². The fraction of sp³-hybridized carbons (Fsp3) is 0.158. The number of amides is 1. The highest BCUT2D eigenvalue weighted by molar-refractivity contribution is 5.84. The number of aromatic nitrogens is 1. The molecule has 0 radical (unpaired) electrons. The number of fused-ring (bicyclic) bond motifs is 1. The van der Waals surface area contributed by atoms with Crippen molar-refractivity contribution in [2.45, 2.75) is 6.54 Å². The molecule has 0 atom stereocenters. The van der Waals surface area contributed by atoms with Crippen molar-refractivity contribution in [3.05, 3.63) is 66.4 Å². The molecule has 1 heterocycles. The summed E-state index contributed by atoms with van der Waals surface area (Å²) in [5.41, 5.74) is 0.918. The predicted molar refractivity (Wildman–Crippen MR) is 92.1 cm³/mol. The molecule has 24 heavy (non-hydrogen) atoms. The van der Waals surface area contributed by atoms with Crippen molar-refractivity contribution in [1.82, 2.24) is 10.3 Å². The molecule has 0 unspecified atom stereocenters. The predicted octanol–water partition coefficient (Wildman–Crippen LogP) is 2.94. The third-order valence-corrected chi connectivity index (χ3v) is 3.59. The number of rotatable bonds is 6. The normalized spacial score (nSPS) is 10.4. The highest BCUT2D eigenvalue weighted by Gasteiger charge is 2.04. The van der Waals surface area contributed by atoms with Gasteiger partial charge in [0.15, 0.2) is 6.61 Å². The minimum Gasteiger partial charge on any atom is -0.484 e. The zero-order chi connectivity index (χ0) is 16.8. The first-order valence-corrected chi connectivity index (χ1v) is 7.62. The molecule has 0 fully saturated rings. The van der Waals surface area contributed by atoms with E-state index in [-0.39, 0.29) is 12.5 Å². The van der Waals surface area contributed by atoms with Gasteiger partial charge < -0.3 is 14.8 Å². The Morgan fingerprint density at radius 2 is 1.92 bits per heavy atom. The molecule has 0 saturated heterocycles. The van der Waals surface area contributed by atoms with Crippen LogP contribution >= 0.6 is 0 Å². The van der Waals surface area contributed by atoms with Crippen molar-refractivity contribution < 1.29 is 14.3 Å². The van der Waals surface area contributed by atoms with Crippen LogP contribution in [-0.2, 0) is 11.3 Å². The summed E-state index contributed by atoms with van der Waals surface area (Å²) in [5, 5.41) is 5.03. The van der Waals surface area contributed by atoms with E-state index in [1.807, 2.05) is 48.5 Å². The fourth-order valence-electron chi connectivity index (χ4n) is 2.33. The van der Waals surface area contributed by atoms with Crippen LogP contribution in [0.25, 0.3) is 10.8 Å². The van der Waals surface area contributed by atoms with Crippen LogP contribution in [0.5, 0.6) is 11.6 Å². The molecule has 0 saturated carbocycles. The van der Waals surface area contributed by atoms with Gasteiger partial charge >= 0.3 is 0 Å². The van der Waals surface area contributed by atoms with Crippen molar-refractivity contribution >= 4 is 16.7 Å². The van der Waals surface area contributed by atoms with Gasteiger partial charge in [0.1, 0.15) is 5.75 Å². The molecule has 1 amide bonds. The number of ether oxygens (including phenoxy) is 2. The molecule has 0 aliphatic rings. The van der Waals surface area contributed by atoms with E-state index in [1.54, 1.807) is 19.4 Å². The molecule has 0 spiro atoms. The molecule has 122 valence electrons. The van der Waals surface area contributed by atoms with E-state index in [9.17, 15) is 4.79 Å². The Labute approximate surface area is 140 Å². The number of nitrogens with one attached hydrogen (secondary N) is 1. The van der Waals surface area contributed by atoms with Crippen molar-refractivity contribution in [1.29, 1.82) is 0 Å². The Kier molecular flexibility index (Phi) is 4.91. The second kappa shape index (κ2) is 7.46. The third-order valence-electron chi connectivity index (χ3n) is 3.59.